The number of likely N-dealkylation sites (tertiary alicyclic amines) is 1. The molecule has 1 N–H and O–H groups in total. The van der Waals surface area contributed by atoms with Crippen molar-refractivity contribution < 1.29 is 19.4 Å². The van der Waals surface area contributed by atoms with E-state index in [4.69, 9.17) is 9.47 Å². The van der Waals surface area contributed by atoms with Gasteiger partial charge in [0.15, 0.2) is 11.5 Å². The maximum atomic E-state index is 12.5. The van der Waals surface area contributed by atoms with E-state index in [1.54, 1.807) is 11.0 Å². The van der Waals surface area contributed by atoms with Gasteiger partial charge in [0.25, 0.3) is 5.91 Å². The number of fused-ring (bicyclic) bond motifs is 1. The third kappa shape index (κ3) is 2.45. The van der Waals surface area contributed by atoms with Gasteiger partial charge in [0.1, 0.15) is 6.61 Å². The number of hydrogen-bond acceptors (Lipinski definition) is 4. The minimum absolute atomic E-state index is 0.00983. The van der Waals surface area contributed by atoms with Crippen molar-refractivity contribution in [1.82, 2.24) is 4.90 Å². The second-order valence-corrected chi connectivity index (χ2v) is 5.23. The van der Waals surface area contributed by atoms with Crippen LogP contribution in [0.5, 0.6) is 11.5 Å². The molecule has 0 saturated carbocycles. The first-order valence-corrected chi connectivity index (χ1v) is 7.09. The summed E-state index contributed by atoms with van der Waals surface area (Å²) in [6.07, 6.45) is 2.27. The first-order chi connectivity index (χ1) is 9.79. The van der Waals surface area contributed by atoms with Crippen molar-refractivity contribution in [2.45, 2.75) is 31.4 Å². The van der Waals surface area contributed by atoms with Crippen LogP contribution in [0, 0.1) is 0 Å². The molecule has 5 heteroatoms. The van der Waals surface area contributed by atoms with Crippen LogP contribution >= 0.6 is 0 Å². The molecule has 20 heavy (non-hydrogen) atoms. The second kappa shape index (κ2) is 5.71. The van der Waals surface area contributed by atoms with E-state index in [-0.39, 0.29) is 25.2 Å². The summed E-state index contributed by atoms with van der Waals surface area (Å²) in [6, 6.07) is 7.27. The highest BCUT2D eigenvalue weighted by atomic mass is 16.6. The number of aliphatic hydroxyl groups excluding tert-OH is 1. The van der Waals surface area contributed by atoms with E-state index in [2.05, 4.69) is 0 Å². The fraction of sp³-hybridized carbons (Fsp3) is 0.533. The summed E-state index contributed by atoms with van der Waals surface area (Å²) in [7, 11) is 0. The summed E-state index contributed by atoms with van der Waals surface area (Å²) in [5.74, 6) is 1.20. The molecule has 2 atom stereocenters. The third-order valence-corrected chi connectivity index (χ3v) is 3.90. The molecule has 1 aromatic carbocycles. The van der Waals surface area contributed by atoms with Crippen LogP contribution in [0.25, 0.3) is 0 Å². The molecule has 2 unspecified atom stereocenters. The second-order valence-electron chi connectivity index (χ2n) is 5.23. The average molecular weight is 277 g/mol. The summed E-state index contributed by atoms with van der Waals surface area (Å²) in [5, 5.41) is 9.40. The molecule has 1 saturated heterocycles. The maximum Gasteiger partial charge on any atom is 0.267 e. The van der Waals surface area contributed by atoms with Gasteiger partial charge in [0.05, 0.1) is 12.6 Å². The first-order valence-electron chi connectivity index (χ1n) is 7.09. The molecule has 1 amide bonds. The van der Waals surface area contributed by atoms with Crippen LogP contribution in [0.2, 0.25) is 0 Å². The van der Waals surface area contributed by atoms with Gasteiger partial charge < -0.3 is 19.5 Å². The normalized spacial score (nSPS) is 25.4. The lowest BCUT2D eigenvalue weighted by atomic mass is 10.0. The van der Waals surface area contributed by atoms with E-state index >= 15 is 0 Å². The van der Waals surface area contributed by atoms with E-state index in [0.717, 1.165) is 19.3 Å². The standard InChI is InChI=1S/C15H19NO4/c17-9-11-5-3-4-8-16(11)15(18)14-10-19-12-6-1-2-7-13(12)20-14/h1-2,6-7,11,14,17H,3-5,8-10H2. The Morgan fingerprint density at radius 2 is 2.10 bits per heavy atom. The van der Waals surface area contributed by atoms with Gasteiger partial charge in [0.2, 0.25) is 6.10 Å². The molecular formula is C15H19NO4. The van der Waals surface area contributed by atoms with Gasteiger partial charge in [-0.2, -0.15) is 0 Å². The summed E-state index contributed by atoms with van der Waals surface area (Å²) >= 11 is 0. The minimum Gasteiger partial charge on any atom is -0.485 e. The van der Waals surface area contributed by atoms with Crippen LogP contribution in [0.15, 0.2) is 24.3 Å². The topological polar surface area (TPSA) is 59.0 Å². The van der Waals surface area contributed by atoms with E-state index in [0.29, 0.717) is 18.0 Å². The fourth-order valence-electron chi connectivity index (χ4n) is 2.81. The molecular weight excluding hydrogens is 258 g/mol. The van der Waals surface area contributed by atoms with Crippen molar-refractivity contribution in [3.63, 3.8) is 0 Å². The van der Waals surface area contributed by atoms with Gasteiger partial charge in [-0.25, -0.2) is 0 Å². The minimum atomic E-state index is -0.614. The Balaban J connectivity index is 1.72. The zero-order valence-electron chi connectivity index (χ0n) is 11.3. The number of aliphatic hydroxyl groups is 1. The Morgan fingerprint density at radius 3 is 2.90 bits per heavy atom. The van der Waals surface area contributed by atoms with Gasteiger partial charge in [-0.3, -0.25) is 4.79 Å². The number of piperidine rings is 1. The number of nitrogens with zero attached hydrogens (tertiary/aromatic N) is 1. The van der Waals surface area contributed by atoms with E-state index in [1.807, 2.05) is 18.2 Å². The predicted molar refractivity (Wildman–Crippen MR) is 72.8 cm³/mol. The Hall–Kier alpha value is -1.75. The monoisotopic (exact) mass is 277 g/mol. The molecule has 0 aliphatic carbocycles. The van der Waals surface area contributed by atoms with Crippen molar-refractivity contribution in [1.29, 1.82) is 0 Å². The fourth-order valence-corrected chi connectivity index (χ4v) is 2.81. The number of carbonyl (C=O) groups excluding carboxylic acids is 1. The molecule has 0 bridgehead atoms. The van der Waals surface area contributed by atoms with Crippen molar-refractivity contribution >= 4 is 5.91 Å². The predicted octanol–water partition coefficient (Wildman–Crippen LogP) is 1.20. The SMILES string of the molecule is O=C(C1COc2ccccc2O1)N1CCCCC1CO. The molecule has 3 rings (SSSR count). The summed E-state index contributed by atoms with van der Waals surface area (Å²) < 4.78 is 11.3. The molecule has 2 heterocycles. The Morgan fingerprint density at radius 1 is 1.30 bits per heavy atom. The number of amides is 1. The van der Waals surface area contributed by atoms with Gasteiger partial charge in [0, 0.05) is 6.54 Å². The van der Waals surface area contributed by atoms with E-state index in [9.17, 15) is 9.90 Å². The molecule has 1 aromatic rings. The first kappa shape index (κ1) is 13.2. The smallest absolute Gasteiger partial charge is 0.267 e. The molecule has 1 fully saturated rings. The number of para-hydroxylation sites is 2. The Bertz CT molecular complexity index is 491. The lowest BCUT2D eigenvalue weighted by molar-refractivity contribution is -0.146. The van der Waals surface area contributed by atoms with Crippen molar-refractivity contribution in [3.05, 3.63) is 24.3 Å². The summed E-state index contributed by atoms with van der Waals surface area (Å²) in [5.41, 5.74) is 0. The van der Waals surface area contributed by atoms with Crippen molar-refractivity contribution in [2.75, 3.05) is 19.8 Å². The van der Waals surface area contributed by atoms with Crippen LogP contribution in [-0.4, -0.2) is 47.8 Å². The molecule has 2 aliphatic heterocycles. The quantitative estimate of drug-likeness (QED) is 0.882. The lowest BCUT2D eigenvalue weighted by Gasteiger charge is -2.37. The summed E-state index contributed by atoms with van der Waals surface area (Å²) in [6.45, 7) is 0.923. The molecule has 108 valence electrons. The zero-order valence-corrected chi connectivity index (χ0v) is 11.3. The highest BCUT2D eigenvalue weighted by Gasteiger charge is 2.35. The Kier molecular flexibility index (Phi) is 3.78. The molecule has 5 nitrogen and oxygen atoms in total. The number of benzene rings is 1. The third-order valence-electron chi connectivity index (χ3n) is 3.90. The van der Waals surface area contributed by atoms with Crippen LogP contribution in [0.3, 0.4) is 0 Å². The van der Waals surface area contributed by atoms with E-state index in [1.165, 1.54) is 0 Å². The lowest BCUT2D eigenvalue weighted by Crippen LogP contribution is -2.53. The average Bonchev–Trinajstić information content (AvgIpc) is 2.53. The van der Waals surface area contributed by atoms with Crippen molar-refractivity contribution in [2.24, 2.45) is 0 Å². The van der Waals surface area contributed by atoms with Crippen LogP contribution < -0.4 is 9.47 Å². The highest BCUT2D eigenvalue weighted by Crippen LogP contribution is 2.31. The molecule has 2 aliphatic rings. The van der Waals surface area contributed by atoms with Crippen molar-refractivity contribution in [3.8, 4) is 11.5 Å². The van der Waals surface area contributed by atoms with Gasteiger partial charge in [-0.05, 0) is 31.4 Å². The summed E-state index contributed by atoms with van der Waals surface area (Å²) in [4.78, 5) is 14.3. The number of rotatable bonds is 2. The van der Waals surface area contributed by atoms with Gasteiger partial charge in [-0.15, -0.1) is 0 Å². The Labute approximate surface area is 118 Å². The van der Waals surface area contributed by atoms with Crippen LogP contribution in [-0.2, 0) is 4.79 Å². The van der Waals surface area contributed by atoms with Crippen LogP contribution in [0.4, 0.5) is 0 Å². The largest absolute Gasteiger partial charge is 0.485 e. The molecule has 0 aromatic heterocycles. The molecule has 0 spiro atoms. The molecule has 0 radical (unpaired) electrons. The zero-order chi connectivity index (χ0) is 13.9. The van der Waals surface area contributed by atoms with Gasteiger partial charge >= 0.3 is 0 Å². The van der Waals surface area contributed by atoms with Gasteiger partial charge in [-0.1, -0.05) is 12.1 Å². The van der Waals surface area contributed by atoms with E-state index < -0.39 is 6.10 Å². The number of carbonyl (C=O) groups is 1. The number of hydrogen-bond donors (Lipinski definition) is 1. The highest BCUT2D eigenvalue weighted by molar-refractivity contribution is 5.82. The number of ether oxygens (including phenoxy) is 2. The maximum absolute atomic E-state index is 12.5. The van der Waals surface area contributed by atoms with Crippen LogP contribution in [0.1, 0.15) is 19.3 Å².